The van der Waals surface area contributed by atoms with E-state index < -0.39 is 8.25 Å². The maximum Gasteiger partial charge on any atom is 0.697 e. The molecule has 18 heavy (non-hydrogen) atoms. The summed E-state index contributed by atoms with van der Waals surface area (Å²) in [5.41, 5.74) is 6.79. The quantitative estimate of drug-likeness (QED) is 0.429. The van der Waals surface area contributed by atoms with Crippen LogP contribution in [-0.4, -0.2) is 37.8 Å². The second-order valence-corrected chi connectivity index (χ2v) is 4.00. The number of nitrogens with zero attached hydrogens (tertiary/aromatic N) is 4. The molecular formula is C8H11N5O4P+. The standard InChI is InChI=1S/C8H10N5O4P/c9-7-6-8(11-3-10-7)13(4-12-6)1-2-16-5-17-18(14)15/h3-4H,1-2,5H2,(H2-,9,10,11,14,15)/p+1. The average molecular weight is 272 g/mol. The number of aromatic nitrogens is 4. The highest BCUT2D eigenvalue weighted by Gasteiger charge is 2.11. The summed E-state index contributed by atoms with van der Waals surface area (Å²) in [5.74, 6) is 0.320. The van der Waals surface area contributed by atoms with Crippen LogP contribution in [-0.2, 0) is 20.4 Å². The lowest BCUT2D eigenvalue weighted by Crippen LogP contribution is -2.07. The van der Waals surface area contributed by atoms with E-state index in [1.165, 1.54) is 6.33 Å². The van der Waals surface area contributed by atoms with Gasteiger partial charge in [0, 0.05) is 11.1 Å². The van der Waals surface area contributed by atoms with Crippen LogP contribution in [0.3, 0.4) is 0 Å². The molecule has 2 rings (SSSR count). The topological polar surface area (TPSA) is 125 Å². The summed E-state index contributed by atoms with van der Waals surface area (Å²) < 4.78 is 21.3. The molecule has 10 heteroatoms. The second kappa shape index (κ2) is 5.78. The Kier molecular flexibility index (Phi) is 4.11. The van der Waals surface area contributed by atoms with Crippen molar-refractivity contribution in [2.24, 2.45) is 0 Å². The first-order valence-electron chi connectivity index (χ1n) is 4.96. The van der Waals surface area contributed by atoms with E-state index in [0.29, 0.717) is 30.1 Å². The maximum atomic E-state index is 10.2. The molecule has 0 radical (unpaired) electrons. The van der Waals surface area contributed by atoms with Gasteiger partial charge in [0.1, 0.15) is 11.8 Å². The Morgan fingerprint density at radius 3 is 3.06 bits per heavy atom. The molecule has 0 spiro atoms. The lowest BCUT2D eigenvalue weighted by molar-refractivity contribution is 0.0106. The molecule has 0 fully saturated rings. The first-order valence-corrected chi connectivity index (χ1v) is 6.09. The maximum absolute atomic E-state index is 10.2. The van der Waals surface area contributed by atoms with Gasteiger partial charge in [-0.25, -0.2) is 15.0 Å². The largest absolute Gasteiger partial charge is 0.697 e. The fourth-order valence-electron chi connectivity index (χ4n) is 1.37. The lowest BCUT2D eigenvalue weighted by Gasteiger charge is -2.02. The molecule has 2 aromatic rings. The van der Waals surface area contributed by atoms with Crippen molar-refractivity contribution in [2.75, 3.05) is 19.1 Å². The molecule has 0 saturated heterocycles. The highest BCUT2D eigenvalue weighted by atomic mass is 31.1. The van der Waals surface area contributed by atoms with Crippen LogP contribution in [0, 0.1) is 0 Å². The highest BCUT2D eigenvalue weighted by Crippen LogP contribution is 2.15. The van der Waals surface area contributed by atoms with Crippen molar-refractivity contribution in [3.8, 4) is 0 Å². The van der Waals surface area contributed by atoms with E-state index in [0.717, 1.165) is 0 Å². The predicted molar refractivity (Wildman–Crippen MR) is 61.5 cm³/mol. The molecule has 0 amide bonds. The zero-order valence-corrected chi connectivity index (χ0v) is 10.2. The predicted octanol–water partition coefficient (Wildman–Crippen LogP) is 0.0489. The summed E-state index contributed by atoms with van der Waals surface area (Å²) in [6.45, 7) is 0.520. The Hall–Kier alpha value is -1.67. The molecule has 2 heterocycles. The van der Waals surface area contributed by atoms with Gasteiger partial charge >= 0.3 is 8.25 Å². The molecule has 0 aromatic carbocycles. The molecule has 96 valence electrons. The van der Waals surface area contributed by atoms with Crippen molar-refractivity contribution in [3.63, 3.8) is 0 Å². The number of anilines is 1. The van der Waals surface area contributed by atoms with E-state index in [1.54, 1.807) is 10.9 Å². The summed E-state index contributed by atoms with van der Waals surface area (Å²) in [6.07, 6.45) is 2.93. The van der Waals surface area contributed by atoms with E-state index in [-0.39, 0.29) is 6.79 Å². The van der Waals surface area contributed by atoms with E-state index >= 15 is 0 Å². The van der Waals surface area contributed by atoms with E-state index in [9.17, 15) is 4.57 Å². The van der Waals surface area contributed by atoms with Gasteiger partial charge in [-0.2, -0.15) is 0 Å². The highest BCUT2D eigenvalue weighted by molar-refractivity contribution is 7.32. The molecule has 1 unspecified atom stereocenters. The number of nitrogens with two attached hydrogens (primary N) is 1. The SMILES string of the molecule is Nc1ncnc2c1ncn2CCOCO[P+](=O)O. The van der Waals surface area contributed by atoms with E-state index in [2.05, 4.69) is 19.5 Å². The number of imidazole rings is 1. The average Bonchev–Trinajstić information content (AvgIpc) is 2.73. The van der Waals surface area contributed by atoms with Crippen molar-refractivity contribution in [1.29, 1.82) is 0 Å². The van der Waals surface area contributed by atoms with Crippen LogP contribution in [0.5, 0.6) is 0 Å². The Morgan fingerprint density at radius 2 is 2.28 bits per heavy atom. The second-order valence-electron chi connectivity index (χ2n) is 3.26. The minimum Gasteiger partial charge on any atom is -0.382 e. The number of rotatable bonds is 6. The molecule has 3 N–H and O–H groups in total. The number of nitrogen functional groups attached to an aromatic ring is 1. The molecule has 1 atom stereocenters. The molecule has 9 nitrogen and oxygen atoms in total. The molecule has 2 aromatic heterocycles. The third-order valence-corrected chi connectivity index (χ3v) is 2.48. The van der Waals surface area contributed by atoms with Gasteiger partial charge in [0.05, 0.1) is 12.9 Å². The normalized spacial score (nSPS) is 11.9. The van der Waals surface area contributed by atoms with Crippen molar-refractivity contribution < 1.29 is 18.7 Å². The minimum absolute atomic E-state index is 0.241. The van der Waals surface area contributed by atoms with Gasteiger partial charge in [-0.05, 0) is 0 Å². The van der Waals surface area contributed by atoms with Crippen LogP contribution in [0.2, 0.25) is 0 Å². The monoisotopic (exact) mass is 272 g/mol. The van der Waals surface area contributed by atoms with Crippen LogP contribution in [0.1, 0.15) is 0 Å². The van der Waals surface area contributed by atoms with Gasteiger partial charge in [0.15, 0.2) is 11.5 Å². The van der Waals surface area contributed by atoms with Crippen molar-refractivity contribution >= 4 is 25.2 Å². The molecule has 0 saturated carbocycles. The molecule has 0 aliphatic heterocycles. The summed E-state index contributed by atoms with van der Waals surface area (Å²) in [6, 6.07) is 0. The number of hydrogen-bond acceptors (Lipinski definition) is 7. The van der Waals surface area contributed by atoms with E-state index in [4.69, 9.17) is 15.4 Å². The van der Waals surface area contributed by atoms with Crippen molar-refractivity contribution in [1.82, 2.24) is 19.5 Å². The Morgan fingerprint density at radius 1 is 1.44 bits per heavy atom. The fraction of sp³-hybridized carbons (Fsp3) is 0.375. The summed E-state index contributed by atoms with van der Waals surface area (Å²) in [7, 11) is -2.63. The minimum atomic E-state index is -2.63. The zero-order chi connectivity index (χ0) is 13.0. The molecule has 0 bridgehead atoms. The van der Waals surface area contributed by atoms with Gasteiger partial charge in [0.25, 0.3) is 0 Å². The van der Waals surface area contributed by atoms with Crippen LogP contribution in [0.15, 0.2) is 12.7 Å². The summed E-state index contributed by atoms with van der Waals surface area (Å²) in [5, 5.41) is 0. The summed E-state index contributed by atoms with van der Waals surface area (Å²) in [4.78, 5) is 20.3. The molecule has 0 aliphatic rings. The smallest absolute Gasteiger partial charge is 0.382 e. The van der Waals surface area contributed by atoms with Gasteiger partial charge < -0.3 is 15.0 Å². The number of ether oxygens (including phenoxy) is 1. The van der Waals surface area contributed by atoms with Gasteiger partial charge in [-0.3, -0.25) is 0 Å². The van der Waals surface area contributed by atoms with Gasteiger partial charge in [-0.1, -0.05) is 4.52 Å². The zero-order valence-electron chi connectivity index (χ0n) is 9.26. The summed E-state index contributed by atoms with van der Waals surface area (Å²) >= 11 is 0. The number of hydrogen-bond donors (Lipinski definition) is 2. The first kappa shape index (κ1) is 12.8. The van der Waals surface area contributed by atoms with Gasteiger partial charge in [-0.15, -0.1) is 4.89 Å². The number of fused-ring (bicyclic) bond motifs is 1. The van der Waals surface area contributed by atoms with Crippen LogP contribution >= 0.6 is 8.25 Å². The Bertz CT molecular complexity index is 559. The Labute approximate surface area is 103 Å². The van der Waals surface area contributed by atoms with Crippen LogP contribution < -0.4 is 5.73 Å². The van der Waals surface area contributed by atoms with E-state index in [1.807, 2.05) is 0 Å². The first-order chi connectivity index (χ1) is 8.68. The fourth-order valence-corrected chi connectivity index (χ4v) is 1.53. The third-order valence-electron chi connectivity index (χ3n) is 2.15. The van der Waals surface area contributed by atoms with Gasteiger partial charge in [0.2, 0.25) is 6.79 Å². The molecular weight excluding hydrogens is 261 g/mol. The van der Waals surface area contributed by atoms with Crippen LogP contribution in [0.4, 0.5) is 5.82 Å². The van der Waals surface area contributed by atoms with Crippen molar-refractivity contribution in [2.45, 2.75) is 6.54 Å². The van der Waals surface area contributed by atoms with Crippen molar-refractivity contribution in [3.05, 3.63) is 12.7 Å². The third kappa shape index (κ3) is 2.96. The Balaban J connectivity index is 1.92. The van der Waals surface area contributed by atoms with Crippen LogP contribution in [0.25, 0.3) is 11.2 Å². The molecule has 0 aliphatic carbocycles. The lowest BCUT2D eigenvalue weighted by atomic mass is 10.5.